The van der Waals surface area contributed by atoms with E-state index in [9.17, 15) is 14.4 Å². The van der Waals surface area contributed by atoms with Gasteiger partial charge in [-0.1, -0.05) is 0 Å². The number of nitrogens with zero attached hydrogens (tertiary/aromatic N) is 4. The molecule has 180 valence electrons. The second-order valence-corrected chi connectivity index (χ2v) is 9.02. The third-order valence-corrected chi connectivity index (χ3v) is 6.77. The van der Waals surface area contributed by atoms with Gasteiger partial charge in [-0.2, -0.15) is 5.10 Å². The number of anilines is 2. The Labute approximate surface area is 204 Å². The van der Waals surface area contributed by atoms with Crippen LogP contribution in [0.15, 0.2) is 42.5 Å². The van der Waals surface area contributed by atoms with E-state index in [-0.39, 0.29) is 17.6 Å². The number of amides is 2. The van der Waals surface area contributed by atoms with Crippen molar-refractivity contribution in [3.63, 3.8) is 0 Å². The van der Waals surface area contributed by atoms with E-state index in [4.69, 9.17) is 4.74 Å². The van der Waals surface area contributed by atoms with Crippen LogP contribution in [0.25, 0.3) is 5.69 Å². The number of hydrogen-bond acceptors (Lipinski definition) is 5. The van der Waals surface area contributed by atoms with Crippen molar-refractivity contribution >= 4 is 29.0 Å². The van der Waals surface area contributed by atoms with Crippen molar-refractivity contribution in [2.24, 2.45) is 0 Å². The average molecular weight is 473 g/mol. The highest BCUT2D eigenvalue weighted by atomic mass is 16.5. The van der Waals surface area contributed by atoms with E-state index in [0.29, 0.717) is 47.8 Å². The van der Waals surface area contributed by atoms with E-state index >= 15 is 0 Å². The molecule has 0 spiro atoms. The summed E-state index contributed by atoms with van der Waals surface area (Å²) in [4.78, 5) is 42.1. The van der Waals surface area contributed by atoms with Gasteiger partial charge < -0.3 is 14.5 Å². The van der Waals surface area contributed by atoms with E-state index in [1.165, 1.54) is 6.92 Å². The molecule has 2 aromatic carbocycles. The van der Waals surface area contributed by atoms with Gasteiger partial charge in [0.2, 0.25) is 5.91 Å². The molecule has 0 atom stereocenters. The Hall–Kier alpha value is -3.94. The summed E-state index contributed by atoms with van der Waals surface area (Å²) in [5.41, 5.74) is 4.67. The van der Waals surface area contributed by atoms with Crippen LogP contribution in [0, 0.1) is 6.92 Å². The van der Waals surface area contributed by atoms with Crippen molar-refractivity contribution < 1.29 is 19.1 Å². The number of ketones is 1. The van der Waals surface area contributed by atoms with Gasteiger partial charge in [0.05, 0.1) is 12.8 Å². The third kappa shape index (κ3) is 3.99. The van der Waals surface area contributed by atoms with Crippen LogP contribution in [-0.2, 0) is 11.2 Å². The molecule has 3 heterocycles. The molecule has 1 fully saturated rings. The lowest BCUT2D eigenvalue weighted by Crippen LogP contribution is -2.39. The summed E-state index contributed by atoms with van der Waals surface area (Å²) in [6.07, 6.45) is 3.02. The summed E-state index contributed by atoms with van der Waals surface area (Å²) in [6.45, 7) is 4.60. The largest absolute Gasteiger partial charge is 0.497 e. The molecule has 5 rings (SSSR count). The van der Waals surface area contributed by atoms with Crippen molar-refractivity contribution in [1.82, 2.24) is 9.78 Å². The van der Waals surface area contributed by atoms with Crippen molar-refractivity contribution in [2.45, 2.75) is 39.5 Å². The van der Waals surface area contributed by atoms with Gasteiger partial charge in [0.15, 0.2) is 5.78 Å². The second-order valence-electron chi connectivity index (χ2n) is 9.02. The van der Waals surface area contributed by atoms with Crippen LogP contribution in [0.2, 0.25) is 0 Å². The zero-order valence-electron chi connectivity index (χ0n) is 20.2. The highest BCUT2D eigenvalue weighted by Gasteiger charge is 2.35. The molecule has 1 aromatic heterocycles. The number of ether oxygens (including phenoxy) is 1. The summed E-state index contributed by atoms with van der Waals surface area (Å²) >= 11 is 0. The van der Waals surface area contributed by atoms with Crippen LogP contribution in [0.1, 0.15) is 58.3 Å². The standard InChI is InChI=1S/C27H28N4O4/c1-17-16-20(29-14-5-4-6-24(29)33)9-12-23(17)30-15-13-22-25(18(2)32)28-31(26(22)27(30)34)19-7-10-21(35-3)11-8-19/h7-12,16H,4-6,13-15H2,1-3H3. The summed E-state index contributed by atoms with van der Waals surface area (Å²) in [6, 6.07) is 13.0. The number of aromatic nitrogens is 2. The van der Waals surface area contributed by atoms with Crippen molar-refractivity contribution in [3.8, 4) is 11.4 Å². The zero-order valence-corrected chi connectivity index (χ0v) is 20.2. The fourth-order valence-corrected chi connectivity index (χ4v) is 4.97. The van der Waals surface area contributed by atoms with Gasteiger partial charge in [0.1, 0.15) is 17.1 Å². The number of fused-ring (bicyclic) bond motifs is 1. The lowest BCUT2D eigenvalue weighted by atomic mass is 10.00. The lowest BCUT2D eigenvalue weighted by Gasteiger charge is -2.31. The van der Waals surface area contributed by atoms with Gasteiger partial charge in [-0.25, -0.2) is 4.68 Å². The molecule has 0 radical (unpaired) electrons. The fourth-order valence-electron chi connectivity index (χ4n) is 4.97. The molecule has 0 saturated carbocycles. The molecule has 0 bridgehead atoms. The molecular weight excluding hydrogens is 444 g/mol. The minimum Gasteiger partial charge on any atom is -0.497 e. The van der Waals surface area contributed by atoms with Crippen LogP contribution in [0.5, 0.6) is 5.75 Å². The Morgan fingerprint density at radius 1 is 0.943 bits per heavy atom. The number of methoxy groups -OCH3 is 1. The van der Waals surface area contributed by atoms with Gasteiger partial charge in [0, 0.05) is 43.4 Å². The lowest BCUT2D eigenvalue weighted by molar-refractivity contribution is -0.119. The summed E-state index contributed by atoms with van der Waals surface area (Å²) in [5.74, 6) is 0.466. The topological polar surface area (TPSA) is 84.7 Å². The number of carbonyl (C=O) groups is 3. The molecule has 8 nitrogen and oxygen atoms in total. The minimum absolute atomic E-state index is 0.141. The van der Waals surface area contributed by atoms with Crippen LogP contribution < -0.4 is 14.5 Å². The highest BCUT2D eigenvalue weighted by molar-refractivity contribution is 6.10. The SMILES string of the molecule is COc1ccc(-n2nc(C(C)=O)c3c2C(=O)N(c2ccc(N4CCCCC4=O)cc2C)CC3)cc1. The Kier molecular flexibility index (Phi) is 5.88. The number of piperidine rings is 1. The number of Topliss-reactive ketones (excluding diaryl/α,β-unsaturated/α-hetero) is 1. The molecule has 0 aliphatic carbocycles. The molecule has 2 aliphatic heterocycles. The maximum Gasteiger partial charge on any atom is 0.277 e. The van der Waals surface area contributed by atoms with E-state index in [0.717, 1.165) is 36.3 Å². The zero-order chi connectivity index (χ0) is 24.7. The molecule has 35 heavy (non-hydrogen) atoms. The van der Waals surface area contributed by atoms with Gasteiger partial charge >= 0.3 is 0 Å². The Balaban J connectivity index is 1.53. The first kappa shape index (κ1) is 22.8. The van der Waals surface area contributed by atoms with Crippen LogP contribution in [0.3, 0.4) is 0 Å². The van der Waals surface area contributed by atoms with Crippen molar-refractivity contribution in [3.05, 3.63) is 65.0 Å². The molecular formula is C27H28N4O4. The van der Waals surface area contributed by atoms with Gasteiger partial charge in [-0.15, -0.1) is 0 Å². The second kappa shape index (κ2) is 9.02. The fraction of sp³-hybridized carbons (Fsp3) is 0.333. The van der Waals surface area contributed by atoms with E-state index < -0.39 is 0 Å². The molecule has 2 amide bonds. The number of aryl methyl sites for hydroxylation is 1. The molecule has 2 aliphatic rings. The summed E-state index contributed by atoms with van der Waals surface area (Å²) in [7, 11) is 1.59. The number of rotatable bonds is 5. The molecule has 3 aromatic rings. The third-order valence-electron chi connectivity index (χ3n) is 6.77. The normalized spacial score (nSPS) is 15.9. The monoisotopic (exact) mass is 472 g/mol. The van der Waals surface area contributed by atoms with Gasteiger partial charge in [-0.05, 0) is 74.2 Å². The van der Waals surface area contributed by atoms with Gasteiger partial charge in [0.25, 0.3) is 5.91 Å². The summed E-state index contributed by atoms with van der Waals surface area (Å²) < 4.78 is 6.81. The highest BCUT2D eigenvalue weighted by Crippen LogP contribution is 2.33. The van der Waals surface area contributed by atoms with Crippen molar-refractivity contribution in [2.75, 3.05) is 30.0 Å². The van der Waals surface area contributed by atoms with E-state index in [1.807, 2.05) is 42.2 Å². The Bertz CT molecular complexity index is 1330. The Morgan fingerprint density at radius 2 is 1.69 bits per heavy atom. The maximum atomic E-state index is 13.8. The molecule has 0 unspecified atom stereocenters. The molecule has 8 heteroatoms. The Morgan fingerprint density at radius 3 is 2.34 bits per heavy atom. The minimum atomic E-state index is -0.202. The first-order chi connectivity index (χ1) is 16.9. The smallest absolute Gasteiger partial charge is 0.277 e. The molecule has 1 saturated heterocycles. The number of hydrogen-bond donors (Lipinski definition) is 0. The molecule has 0 N–H and O–H groups in total. The number of carbonyl (C=O) groups excluding carboxylic acids is 3. The quantitative estimate of drug-likeness (QED) is 0.522. The van der Waals surface area contributed by atoms with E-state index in [1.54, 1.807) is 28.8 Å². The first-order valence-corrected chi connectivity index (χ1v) is 11.9. The van der Waals surface area contributed by atoms with E-state index in [2.05, 4.69) is 5.10 Å². The average Bonchev–Trinajstić information content (AvgIpc) is 3.26. The first-order valence-electron chi connectivity index (χ1n) is 11.9. The predicted molar refractivity (Wildman–Crippen MR) is 133 cm³/mol. The van der Waals surface area contributed by atoms with Crippen molar-refractivity contribution in [1.29, 1.82) is 0 Å². The van der Waals surface area contributed by atoms with Gasteiger partial charge in [-0.3, -0.25) is 14.4 Å². The predicted octanol–water partition coefficient (Wildman–Crippen LogP) is 4.11. The van der Waals surface area contributed by atoms with Crippen LogP contribution >= 0.6 is 0 Å². The summed E-state index contributed by atoms with van der Waals surface area (Å²) in [5, 5.41) is 4.54. The maximum absolute atomic E-state index is 13.8. The number of benzene rings is 2. The van der Waals surface area contributed by atoms with Crippen LogP contribution in [0.4, 0.5) is 11.4 Å². The van der Waals surface area contributed by atoms with Crippen LogP contribution in [-0.4, -0.2) is 47.6 Å².